The lowest BCUT2D eigenvalue weighted by Gasteiger charge is -2.35. The van der Waals surface area contributed by atoms with E-state index in [0.29, 0.717) is 17.6 Å². The molecule has 0 heterocycles. The van der Waals surface area contributed by atoms with Crippen LogP contribution in [0, 0.1) is 11.8 Å². The van der Waals surface area contributed by atoms with Crippen LogP contribution in [0.3, 0.4) is 0 Å². The highest BCUT2D eigenvalue weighted by molar-refractivity contribution is 6.84. The molecule has 0 radical (unpaired) electrons. The summed E-state index contributed by atoms with van der Waals surface area (Å²) in [6, 6.07) is 0. The van der Waals surface area contributed by atoms with E-state index in [0.717, 1.165) is 12.8 Å². The molecule has 1 fully saturated rings. The number of ether oxygens (including phenoxy) is 1. The predicted molar refractivity (Wildman–Crippen MR) is 93.0 cm³/mol. The van der Waals surface area contributed by atoms with Gasteiger partial charge in [0.1, 0.15) is 0 Å². The lowest BCUT2D eigenvalue weighted by Crippen LogP contribution is -2.35. The fraction of sp³-hybridized carbons (Fsp3) is 0.833. The van der Waals surface area contributed by atoms with E-state index in [9.17, 15) is 4.79 Å². The minimum absolute atomic E-state index is 0.0140. The Morgan fingerprint density at radius 3 is 2.33 bits per heavy atom. The largest absolute Gasteiger partial charge is 0.466 e. The molecule has 2 atom stereocenters. The molecule has 0 aromatic rings. The minimum atomic E-state index is -1.44. The summed E-state index contributed by atoms with van der Waals surface area (Å²) < 4.78 is 5.19. The van der Waals surface area contributed by atoms with Gasteiger partial charge in [0.2, 0.25) is 0 Å². The molecule has 0 saturated heterocycles. The second-order valence-electron chi connectivity index (χ2n) is 8.00. The third-order valence-electron chi connectivity index (χ3n) is 5.15. The molecule has 0 N–H and O–H groups in total. The lowest BCUT2D eigenvalue weighted by atomic mass is 10.0. The van der Waals surface area contributed by atoms with E-state index in [4.69, 9.17) is 4.74 Å². The molecule has 1 aliphatic rings. The summed E-state index contributed by atoms with van der Waals surface area (Å²) in [7, 11) is -1.44. The van der Waals surface area contributed by atoms with E-state index >= 15 is 0 Å². The minimum Gasteiger partial charge on any atom is -0.466 e. The van der Waals surface area contributed by atoms with E-state index in [-0.39, 0.29) is 11.9 Å². The SMILES string of the molecule is CCCC/C(=C/[Si](C)(C)C(C)(C)C)[C@@H]1C[C@H]1C(=O)OCC. The van der Waals surface area contributed by atoms with Gasteiger partial charge in [-0.25, -0.2) is 0 Å². The predicted octanol–water partition coefficient (Wildman–Crippen LogP) is 5.35. The molecule has 0 amide bonds. The fourth-order valence-electron chi connectivity index (χ4n) is 2.54. The Hall–Kier alpha value is -0.573. The molecule has 21 heavy (non-hydrogen) atoms. The Balaban J connectivity index is 2.86. The van der Waals surface area contributed by atoms with Gasteiger partial charge in [-0.3, -0.25) is 4.79 Å². The zero-order valence-corrected chi connectivity index (χ0v) is 16.1. The first kappa shape index (κ1) is 18.5. The van der Waals surface area contributed by atoms with E-state index in [1.807, 2.05) is 6.92 Å². The molecule has 0 aliphatic heterocycles. The fourth-order valence-corrected chi connectivity index (χ4v) is 4.26. The van der Waals surface area contributed by atoms with Gasteiger partial charge < -0.3 is 4.74 Å². The highest BCUT2D eigenvalue weighted by Crippen LogP contribution is 2.48. The van der Waals surface area contributed by atoms with Gasteiger partial charge in [0.25, 0.3) is 0 Å². The first-order valence-electron chi connectivity index (χ1n) is 8.52. The Morgan fingerprint density at radius 2 is 1.86 bits per heavy atom. The van der Waals surface area contributed by atoms with Crippen LogP contribution >= 0.6 is 0 Å². The lowest BCUT2D eigenvalue weighted by molar-refractivity contribution is -0.144. The van der Waals surface area contributed by atoms with Gasteiger partial charge in [-0.2, -0.15) is 0 Å². The number of rotatable bonds is 7. The smallest absolute Gasteiger partial charge is 0.309 e. The molecular weight excluding hydrogens is 276 g/mol. The Bertz CT molecular complexity index is 391. The van der Waals surface area contributed by atoms with Crippen molar-refractivity contribution in [3.05, 3.63) is 11.3 Å². The zero-order valence-electron chi connectivity index (χ0n) is 15.1. The van der Waals surface area contributed by atoms with Crippen LogP contribution in [0.25, 0.3) is 0 Å². The summed E-state index contributed by atoms with van der Waals surface area (Å²) in [5.74, 6) is 0.614. The molecule has 1 aliphatic carbocycles. The van der Waals surface area contributed by atoms with E-state index in [1.54, 1.807) is 5.57 Å². The monoisotopic (exact) mass is 310 g/mol. The van der Waals surface area contributed by atoms with Gasteiger partial charge in [-0.1, -0.05) is 58.5 Å². The van der Waals surface area contributed by atoms with Crippen LogP contribution in [0.5, 0.6) is 0 Å². The summed E-state index contributed by atoms with van der Waals surface area (Å²) in [5.41, 5.74) is 4.13. The number of carbonyl (C=O) groups excluding carboxylic acids is 1. The maximum atomic E-state index is 11.9. The van der Waals surface area contributed by atoms with Crippen molar-refractivity contribution in [3.63, 3.8) is 0 Å². The molecule has 0 aromatic heterocycles. The molecule has 1 saturated carbocycles. The third kappa shape index (κ3) is 4.98. The Labute approximate surface area is 132 Å². The van der Waals surface area contributed by atoms with Crippen molar-refractivity contribution in [3.8, 4) is 0 Å². The van der Waals surface area contributed by atoms with Gasteiger partial charge in [-0.15, -0.1) is 0 Å². The zero-order chi connectivity index (χ0) is 16.3. The number of carbonyl (C=O) groups is 1. The molecule has 0 spiro atoms. The molecule has 0 aromatic carbocycles. The van der Waals surface area contributed by atoms with E-state index in [1.165, 1.54) is 12.8 Å². The molecule has 122 valence electrons. The normalized spacial score (nSPS) is 23.1. The van der Waals surface area contributed by atoms with Crippen molar-refractivity contribution >= 4 is 14.0 Å². The number of hydrogen-bond donors (Lipinski definition) is 0. The van der Waals surface area contributed by atoms with Gasteiger partial charge in [0.05, 0.1) is 20.6 Å². The average Bonchev–Trinajstić information content (AvgIpc) is 3.13. The Kier molecular flexibility index (Phi) is 6.27. The number of unbranched alkanes of at least 4 members (excludes halogenated alkanes) is 1. The van der Waals surface area contributed by atoms with Crippen molar-refractivity contribution in [2.24, 2.45) is 11.8 Å². The first-order valence-corrected chi connectivity index (χ1v) is 11.6. The molecule has 2 nitrogen and oxygen atoms in total. The van der Waals surface area contributed by atoms with Crippen LogP contribution in [0.2, 0.25) is 18.1 Å². The van der Waals surface area contributed by atoms with Crippen LogP contribution in [0.4, 0.5) is 0 Å². The van der Waals surface area contributed by atoms with Crippen molar-refractivity contribution in [1.29, 1.82) is 0 Å². The average molecular weight is 311 g/mol. The van der Waals surface area contributed by atoms with Crippen molar-refractivity contribution in [2.45, 2.75) is 78.4 Å². The summed E-state index contributed by atoms with van der Waals surface area (Å²) in [4.78, 5) is 11.9. The Morgan fingerprint density at radius 1 is 1.24 bits per heavy atom. The van der Waals surface area contributed by atoms with Gasteiger partial charge in [0, 0.05) is 0 Å². The van der Waals surface area contributed by atoms with E-state index in [2.05, 4.69) is 46.5 Å². The van der Waals surface area contributed by atoms with Crippen LogP contribution in [-0.2, 0) is 9.53 Å². The second kappa shape index (κ2) is 7.13. The third-order valence-corrected chi connectivity index (χ3v) is 10.1. The van der Waals surface area contributed by atoms with Gasteiger partial charge in [-0.05, 0) is 37.1 Å². The van der Waals surface area contributed by atoms with Crippen LogP contribution < -0.4 is 0 Å². The standard InChI is InChI=1S/C18H34O2Si/c1-8-10-11-14(13-21(6,7)18(3,4)5)15-12-16(15)17(19)20-9-2/h13,15-16H,8-12H2,1-7H3/b14-13-/t15-,16+/m0/s1. The van der Waals surface area contributed by atoms with Crippen molar-refractivity contribution in [2.75, 3.05) is 6.61 Å². The molecule has 0 bridgehead atoms. The van der Waals surface area contributed by atoms with Crippen molar-refractivity contribution in [1.82, 2.24) is 0 Å². The number of esters is 1. The van der Waals surface area contributed by atoms with Gasteiger partial charge >= 0.3 is 5.97 Å². The van der Waals surface area contributed by atoms with Crippen LogP contribution in [-0.4, -0.2) is 20.7 Å². The number of allylic oxidation sites excluding steroid dienone is 1. The molecule has 0 unspecified atom stereocenters. The molecular formula is C18H34O2Si. The summed E-state index contributed by atoms with van der Waals surface area (Å²) >= 11 is 0. The highest BCUT2D eigenvalue weighted by atomic mass is 28.3. The van der Waals surface area contributed by atoms with Crippen LogP contribution in [0.15, 0.2) is 11.3 Å². The van der Waals surface area contributed by atoms with E-state index < -0.39 is 8.07 Å². The summed E-state index contributed by atoms with van der Waals surface area (Å²) in [5, 5.41) is 0.360. The quantitative estimate of drug-likeness (QED) is 0.468. The highest BCUT2D eigenvalue weighted by Gasteiger charge is 2.47. The second-order valence-corrected chi connectivity index (χ2v) is 13.2. The topological polar surface area (TPSA) is 26.3 Å². The van der Waals surface area contributed by atoms with Crippen molar-refractivity contribution < 1.29 is 9.53 Å². The first-order chi connectivity index (χ1) is 9.64. The maximum Gasteiger partial charge on any atom is 0.309 e. The summed E-state index contributed by atoms with van der Waals surface area (Å²) in [6.07, 6.45) is 4.60. The number of hydrogen-bond acceptors (Lipinski definition) is 2. The molecule has 1 rings (SSSR count). The maximum absolute atomic E-state index is 11.9. The summed E-state index contributed by atoms with van der Waals surface area (Å²) in [6.45, 7) is 16.6. The molecule has 3 heteroatoms. The van der Waals surface area contributed by atoms with Crippen LogP contribution in [0.1, 0.15) is 60.3 Å². The van der Waals surface area contributed by atoms with Gasteiger partial charge in [0.15, 0.2) is 0 Å².